The molecule has 2 unspecified atom stereocenters. The molecule has 197 valence electrons. The van der Waals surface area contributed by atoms with Crippen LogP contribution in [0.15, 0.2) is 35.3 Å². The van der Waals surface area contributed by atoms with Crippen molar-refractivity contribution in [1.29, 1.82) is 0 Å². The molecule has 0 spiro atoms. The fourth-order valence-corrected chi connectivity index (χ4v) is 6.39. The standard InChI is InChI=1S/C26H30F3N6O.Po/c1-2-35-23(12-21(34-35)16-6-7-16)25(36)31-14-15-4-3-5-18(10-15)32-22-13-24(26(27,28)29)33-20-9-8-17(30)11-19(20)22;/h8-9,11-16,18H,2-7,10,30H2,1H3,(H,31,36)(H,32,33);/p-1/t15?,18-;/m0./s1. The summed E-state index contributed by atoms with van der Waals surface area (Å²) in [6.45, 7) is 2.58. The number of rotatable bonds is 7. The number of aryl methyl sites for hydroxylation is 1. The van der Waals surface area contributed by atoms with Crippen molar-refractivity contribution < 1.29 is 18.3 Å². The number of nitrogens with zero attached hydrogens (tertiary/aromatic N) is 4. The molecule has 5 rings (SSSR count). The number of nitrogens with one attached hydrogen (secondary N) is 1. The Labute approximate surface area is 228 Å². The normalized spacial score (nSPS) is 21.8. The van der Waals surface area contributed by atoms with Gasteiger partial charge in [0.15, 0.2) is 0 Å². The number of hydrogen-bond donors (Lipinski definition) is 2. The number of nitrogens with two attached hydrogens (primary N) is 1. The first-order chi connectivity index (χ1) is 17.6. The van der Waals surface area contributed by atoms with Gasteiger partial charge in [0.05, 0.1) is 0 Å². The molecule has 0 bridgehead atoms. The fourth-order valence-electron chi connectivity index (χ4n) is 5.06. The predicted molar refractivity (Wildman–Crippen MR) is 136 cm³/mol. The summed E-state index contributed by atoms with van der Waals surface area (Å²) >= 11 is 1.21. The molecule has 3 atom stereocenters. The zero-order chi connectivity index (χ0) is 26.3. The maximum absolute atomic E-state index is 13.5. The molecule has 1 radical (unpaired) electrons. The third-order valence-electron chi connectivity index (χ3n) is 7.16. The molecule has 3 aromatic rings. The Balaban J connectivity index is 1.34. The number of aliphatic imine (C=N–C) groups is 1. The molecule has 11 heteroatoms. The maximum atomic E-state index is 13.5. The summed E-state index contributed by atoms with van der Waals surface area (Å²) in [7, 11) is 0. The molecule has 2 heterocycles. The van der Waals surface area contributed by atoms with Gasteiger partial charge in [0.25, 0.3) is 0 Å². The van der Waals surface area contributed by atoms with Gasteiger partial charge in [-0.05, 0) is 0 Å². The number of aromatic nitrogens is 3. The Kier molecular flexibility index (Phi) is 7.37. The summed E-state index contributed by atoms with van der Waals surface area (Å²) in [5.41, 5.74) is 7.59. The van der Waals surface area contributed by atoms with E-state index in [1.54, 1.807) is 16.8 Å². The van der Waals surface area contributed by atoms with Crippen LogP contribution >= 0.6 is 0 Å². The van der Waals surface area contributed by atoms with E-state index in [1.165, 1.54) is 31.1 Å². The van der Waals surface area contributed by atoms with Crippen molar-refractivity contribution in [1.82, 2.24) is 14.8 Å². The summed E-state index contributed by atoms with van der Waals surface area (Å²) in [6.07, 6.45) is 1.07. The summed E-state index contributed by atoms with van der Waals surface area (Å²) < 4.78 is 42.2. The number of anilines is 2. The SMILES string of the molecule is CCn1nc(C2CC2)cc1/C([O-])=N/[CH]([Po])C1CCC[C@H](Nc2cc(C(F)(F)F)nc3ccc(N)cc23)C1. The van der Waals surface area contributed by atoms with Crippen LogP contribution in [0.4, 0.5) is 24.5 Å². The molecule has 2 aliphatic rings. The molecule has 0 saturated heterocycles. The molecule has 0 amide bonds. The van der Waals surface area contributed by atoms with E-state index in [9.17, 15) is 18.3 Å². The second kappa shape index (κ2) is 10.4. The average molecular weight is 708 g/mol. The molecule has 2 aromatic heterocycles. The molecule has 7 nitrogen and oxygen atoms in total. The van der Waals surface area contributed by atoms with Crippen LogP contribution in [0, 0.1) is 5.92 Å². The number of benzene rings is 1. The van der Waals surface area contributed by atoms with Gasteiger partial charge in [0.2, 0.25) is 0 Å². The van der Waals surface area contributed by atoms with Crippen LogP contribution in [-0.2, 0) is 12.7 Å². The van der Waals surface area contributed by atoms with Crippen molar-refractivity contribution in [3.05, 3.63) is 47.4 Å². The van der Waals surface area contributed by atoms with Crippen LogP contribution in [0.2, 0.25) is 0 Å². The van der Waals surface area contributed by atoms with Crippen LogP contribution in [-0.4, -0.2) is 55.5 Å². The van der Waals surface area contributed by atoms with Crippen LogP contribution in [0.3, 0.4) is 0 Å². The zero-order valence-corrected chi connectivity index (χ0v) is 23.6. The Morgan fingerprint density at radius 3 is 2.73 bits per heavy atom. The first kappa shape index (κ1) is 26.2. The molecule has 2 fully saturated rings. The minimum atomic E-state index is -4.55. The van der Waals surface area contributed by atoms with E-state index >= 15 is 0 Å². The molecule has 37 heavy (non-hydrogen) atoms. The van der Waals surface area contributed by atoms with Gasteiger partial charge in [-0.25, -0.2) is 0 Å². The van der Waals surface area contributed by atoms with Crippen molar-refractivity contribution in [2.45, 2.75) is 73.8 Å². The van der Waals surface area contributed by atoms with E-state index in [0.29, 0.717) is 34.9 Å². The molecule has 2 saturated carbocycles. The Morgan fingerprint density at radius 1 is 1.24 bits per heavy atom. The molecular weight excluding hydrogens is 678 g/mol. The Bertz CT molecular complexity index is 1320. The first-order valence-corrected chi connectivity index (χ1v) is 14.5. The second-order valence-corrected chi connectivity index (χ2v) is 11.8. The monoisotopic (exact) mass is 707 g/mol. The average Bonchev–Trinajstić information content (AvgIpc) is 3.62. The van der Waals surface area contributed by atoms with E-state index in [2.05, 4.69) is 20.4 Å². The third-order valence-corrected chi connectivity index (χ3v) is 9.06. The summed E-state index contributed by atoms with van der Waals surface area (Å²) in [4.78, 5) is 8.36. The number of nitrogen functional groups attached to an aromatic ring is 1. The minimum absolute atomic E-state index is 0.0401. The summed E-state index contributed by atoms with van der Waals surface area (Å²) in [6, 6.07) is 7.63. The molecule has 3 N–H and O–H groups in total. The summed E-state index contributed by atoms with van der Waals surface area (Å²) in [5, 5.41) is 21.6. The van der Waals surface area contributed by atoms with E-state index in [4.69, 9.17) is 5.73 Å². The molecule has 2 aliphatic carbocycles. The Morgan fingerprint density at radius 2 is 2.03 bits per heavy atom. The number of hydrogen-bond acceptors (Lipinski definition) is 6. The van der Waals surface area contributed by atoms with Crippen LogP contribution in [0.25, 0.3) is 10.9 Å². The van der Waals surface area contributed by atoms with Gasteiger partial charge >= 0.3 is 229 Å². The van der Waals surface area contributed by atoms with Gasteiger partial charge in [-0.1, -0.05) is 0 Å². The number of halogens is 3. The van der Waals surface area contributed by atoms with Gasteiger partial charge in [0.1, 0.15) is 0 Å². The zero-order valence-electron chi connectivity index (χ0n) is 20.5. The van der Waals surface area contributed by atoms with E-state index in [1.807, 2.05) is 13.0 Å². The molecule has 0 aliphatic heterocycles. The number of fused-ring (bicyclic) bond motifs is 1. The first-order valence-electron chi connectivity index (χ1n) is 12.6. The quantitative estimate of drug-likeness (QED) is 0.218. The Hall–Kier alpha value is -2.40. The van der Waals surface area contributed by atoms with Gasteiger partial charge in [-0.15, -0.1) is 0 Å². The van der Waals surface area contributed by atoms with Crippen molar-refractivity contribution in [3.63, 3.8) is 0 Å². The van der Waals surface area contributed by atoms with Crippen LogP contribution in [0.5, 0.6) is 0 Å². The second-order valence-electron chi connectivity index (χ2n) is 9.97. The van der Waals surface area contributed by atoms with Crippen molar-refractivity contribution >= 4 is 53.2 Å². The van der Waals surface area contributed by atoms with Gasteiger partial charge in [-0.2, -0.15) is 0 Å². The van der Waals surface area contributed by atoms with Crippen LogP contribution in [0.1, 0.15) is 68.4 Å². The summed E-state index contributed by atoms with van der Waals surface area (Å²) in [5.74, 6) is 0.401. The molecular formula is C26H29F3N6OPo-. The van der Waals surface area contributed by atoms with Gasteiger partial charge < -0.3 is 0 Å². The fraction of sp³-hybridized carbons (Fsp3) is 0.500. The number of alkyl halides is 3. The van der Waals surface area contributed by atoms with E-state index < -0.39 is 11.9 Å². The van der Waals surface area contributed by atoms with E-state index in [0.717, 1.165) is 50.3 Å². The molecule has 1 aromatic carbocycles. The third kappa shape index (κ3) is 5.87. The number of pyridine rings is 1. The van der Waals surface area contributed by atoms with Crippen molar-refractivity contribution in [3.8, 4) is 0 Å². The van der Waals surface area contributed by atoms with E-state index in [-0.39, 0.29) is 27.1 Å². The predicted octanol–water partition coefficient (Wildman–Crippen LogP) is 4.20. The van der Waals surface area contributed by atoms with Crippen molar-refractivity contribution in [2.24, 2.45) is 10.9 Å². The van der Waals surface area contributed by atoms with Gasteiger partial charge in [0, 0.05) is 0 Å². The van der Waals surface area contributed by atoms with Gasteiger partial charge in [-0.3, -0.25) is 0 Å². The van der Waals surface area contributed by atoms with Crippen LogP contribution < -0.4 is 16.2 Å². The topological polar surface area (TPSA) is 104 Å². The van der Waals surface area contributed by atoms with Crippen molar-refractivity contribution in [2.75, 3.05) is 11.1 Å².